The molecule has 0 fully saturated rings. The van der Waals surface area contributed by atoms with Gasteiger partial charge in [0.2, 0.25) is 5.91 Å². The molecule has 3 N–H and O–H groups in total. The van der Waals surface area contributed by atoms with Crippen LogP contribution in [-0.2, 0) is 4.79 Å². The maximum atomic E-state index is 11.7. The first-order chi connectivity index (χ1) is 7.93. The first-order valence-electron chi connectivity index (χ1n) is 6.90. The Morgan fingerprint density at radius 1 is 1.35 bits per heavy atom. The van der Waals surface area contributed by atoms with Gasteiger partial charge in [0.25, 0.3) is 0 Å². The highest BCUT2D eigenvalue weighted by Crippen LogP contribution is 2.22. The van der Waals surface area contributed by atoms with E-state index in [1.807, 2.05) is 6.92 Å². The molecule has 1 unspecified atom stereocenters. The Morgan fingerprint density at radius 3 is 2.53 bits per heavy atom. The zero-order valence-electron chi connectivity index (χ0n) is 12.0. The van der Waals surface area contributed by atoms with E-state index in [9.17, 15) is 4.79 Å². The monoisotopic (exact) mass is 242 g/mol. The molecule has 102 valence electrons. The molecular weight excluding hydrogens is 212 g/mol. The summed E-state index contributed by atoms with van der Waals surface area (Å²) >= 11 is 0. The number of unbranched alkanes of at least 4 members (excludes halogenated alkanes) is 2. The minimum absolute atomic E-state index is 0.0337. The van der Waals surface area contributed by atoms with Crippen molar-refractivity contribution in [3.63, 3.8) is 0 Å². The molecule has 3 nitrogen and oxygen atoms in total. The van der Waals surface area contributed by atoms with Crippen LogP contribution in [-0.4, -0.2) is 19.0 Å². The highest BCUT2D eigenvalue weighted by molar-refractivity contribution is 5.78. The van der Waals surface area contributed by atoms with E-state index < -0.39 is 0 Å². The summed E-state index contributed by atoms with van der Waals surface area (Å²) in [6.07, 6.45) is 5.71. The fourth-order valence-electron chi connectivity index (χ4n) is 1.82. The number of nitrogens with two attached hydrogens (primary N) is 1. The average Bonchev–Trinajstić information content (AvgIpc) is 2.26. The van der Waals surface area contributed by atoms with Crippen molar-refractivity contribution in [2.75, 3.05) is 13.1 Å². The molecule has 0 aromatic rings. The Morgan fingerprint density at radius 2 is 2.00 bits per heavy atom. The third-order valence-corrected chi connectivity index (χ3v) is 3.25. The number of carbonyl (C=O) groups excluding carboxylic acids is 1. The highest BCUT2D eigenvalue weighted by atomic mass is 16.1. The van der Waals surface area contributed by atoms with Crippen LogP contribution in [0.25, 0.3) is 0 Å². The molecule has 1 atom stereocenters. The Labute approximate surface area is 107 Å². The quantitative estimate of drug-likeness (QED) is 0.611. The fraction of sp³-hybridized carbons (Fsp3) is 0.929. The molecule has 0 heterocycles. The second-order valence-electron chi connectivity index (χ2n) is 5.82. The highest BCUT2D eigenvalue weighted by Gasteiger charge is 2.20. The standard InChI is InChI=1S/C14H30N2O/c1-5-6-7-9-14(3,4)11-16-13(17)12(2)8-10-15/h12H,5-11,15H2,1-4H3,(H,16,17). The Hall–Kier alpha value is -0.570. The van der Waals surface area contributed by atoms with Crippen molar-refractivity contribution in [2.24, 2.45) is 17.1 Å². The van der Waals surface area contributed by atoms with Crippen molar-refractivity contribution >= 4 is 5.91 Å². The molecule has 17 heavy (non-hydrogen) atoms. The van der Waals surface area contributed by atoms with E-state index >= 15 is 0 Å². The fourth-order valence-corrected chi connectivity index (χ4v) is 1.82. The summed E-state index contributed by atoms with van der Waals surface area (Å²) in [6.45, 7) is 9.93. The molecule has 0 aliphatic carbocycles. The van der Waals surface area contributed by atoms with Crippen LogP contribution in [0.2, 0.25) is 0 Å². The third kappa shape index (κ3) is 8.19. The van der Waals surface area contributed by atoms with E-state index in [1.54, 1.807) is 0 Å². The SMILES string of the molecule is CCCCCC(C)(C)CNC(=O)C(C)CCN. The number of amides is 1. The van der Waals surface area contributed by atoms with Gasteiger partial charge in [0.05, 0.1) is 0 Å². The minimum Gasteiger partial charge on any atom is -0.355 e. The number of hydrogen-bond acceptors (Lipinski definition) is 2. The van der Waals surface area contributed by atoms with Crippen LogP contribution in [0.3, 0.4) is 0 Å². The van der Waals surface area contributed by atoms with Gasteiger partial charge in [-0.15, -0.1) is 0 Å². The topological polar surface area (TPSA) is 55.1 Å². The lowest BCUT2D eigenvalue weighted by Crippen LogP contribution is -2.37. The molecular formula is C14H30N2O. The second-order valence-corrected chi connectivity index (χ2v) is 5.82. The smallest absolute Gasteiger partial charge is 0.222 e. The summed E-state index contributed by atoms with van der Waals surface area (Å²) < 4.78 is 0. The van der Waals surface area contributed by atoms with E-state index in [2.05, 4.69) is 26.1 Å². The van der Waals surface area contributed by atoms with E-state index in [1.165, 1.54) is 25.7 Å². The minimum atomic E-state index is 0.0337. The van der Waals surface area contributed by atoms with E-state index in [4.69, 9.17) is 5.73 Å². The Balaban J connectivity index is 3.87. The van der Waals surface area contributed by atoms with Gasteiger partial charge in [-0.25, -0.2) is 0 Å². The van der Waals surface area contributed by atoms with Gasteiger partial charge < -0.3 is 11.1 Å². The van der Waals surface area contributed by atoms with Gasteiger partial charge >= 0.3 is 0 Å². The van der Waals surface area contributed by atoms with Gasteiger partial charge in [0.1, 0.15) is 0 Å². The molecule has 0 radical (unpaired) electrons. The molecule has 0 spiro atoms. The van der Waals surface area contributed by atoms with Gasteiger partial charge in [0, 0.05) is 12.5 Å². The van der Waals surface area contributed by atoms with Crippen LogP contribution >= 0.6 is 0 Å². The molecule has 0 saturated carbocycles. The number of carbonyl (C=O) groups is 1. The number of hydrogen-bond donors (Lipinski definition) is 2. The number of rotatable bonds is 9. The van der Waals surface area contributed by atoms with Crippen LogP contribution in [0.5, 0.6) is 0 Å². The van der Waals surface area contributed by atoms with Crippen LogP contribution in [0.1, 0.15) is 59.8 Å². The van der Waals surface area contributed by atoms with E-state index in [0.717, 1.165) is 13.0 Å². The van der Waals surface area contributed by atoms with Gasteiger partial charge in [0.15, 0.2) is 0 Å². The van der Waals surface area contributed by atoms with Crippen LogP contribution in [0.15, 0.2) is 0 Å². The van der Waals surface area contributed by atoms with Crippen molar-refractivity contribution in [1.29, 1.82) is 0 Å². The average molecular weight is 242 g/mol. The molecule has 0 aromatic heterocycles. The lowest BCUT2D eigenvalue weighted by atomic mass is 9.86. The van der Waals surface area contributed by atoms with Crippen molar-refractivity contribution in [3.05, 3.63) is 0 Å². The molecule has 0 aliphatic rings. The Bertz CT molecular complexity index is 214. The largest absolute Gasteiger partial charge is 0.355 e. The maximum Gasteiger partial charge on any atom is 0.222 e. The molecule has 0 aliphatic heterocycles. The van der Waals surface area contributed by atoms with Gasteiger partial charge in [-0.1, -0.05) is 47.0 Å². The lowest BCUT2D eigenvalue weighted by Gasteiger charge is -2.25. The molecule has 0 saturated heterocycles. The Kier molecular flexibility index (Phi) is 8.23. The predicted molar refractivity (Wildman–Crippen MR) is 73.8 cm³/mol. The molecule has 3 heteroatoms. The maximum absolute atomic E-state index is 11.7. The van der Waals surface area contributed by atoms with E-state index in [0.29, 0.717) is 6.54 Å². The van der Waals surface area contributed by atoms with Crippen molar-refractivity contribution < 1.29 is 4.79 Å². The normalized spacial score (nSPS) is 13.5. The zero-order valence-corrected chi connectivity index (χ0v) is 12.0. The van der Waals surface area contributed by atoms with Gasteiger partial charge in [-0.05, 0) is 24.8 Å². The number of nitrogens with one attached hydrogen (secondary N) is 1. The van der Waals surface area contributed by atoms with E-state index in [-0.39, 0.29) is 17.2 Å². The second kappa shape index (κ2) is 8.51. The van der Waals surface area contributed by atoms with Crippen molar-refractivity contribution in [3.8, 4) is 0 Å². The zero-order chi connectivity index (χ0) is 13.3. The lowest BCUT2D eigenvalue weighted by molar-refractivity contribution is -0.125. The summed E-state index contributed by atoms with van der Waals surface area (Å²) in [5.74, 6) is 0.172. The summed E-state index contributed by atoms with van der Waals surface area (Å²) in [5.41, 5.74) is 5.65. The summed E-state index contributed by atoms with van der Waals surface area (Å²) in [5, 5.41) is 3.04. The molecule has 0 bridgehead atoms. The first-order valence-corrected chi connectivity index (χ1v) is 6.90. The van der Waals surface area contributed by atoms with Crippen LogP contribution < -0.4 is 11.1 Å². The van der Waals surface area contributed by atoms with Crippen LogP contribution in [0.4, 0.5) is 0 Å². The molecule has 0 rings (SSSR count). The molecule has 1 amide bonds. The summed E-state index contributed by atoms with van der Waals surface area (Å²) in [7, 11) is 0. The molecule has 0 aromatic carbocycles. The first kappa shape index (κ1) is 16.4. The predicted octanol–water partition coefficient (Wildman–Crippen LogP) is 2.69. The summed E-state index contributed by atoms with van der Waals surface area (Å²) in [6, 6.07) is 0. The third-order valence-electron chi connectivity index (χ3n) is 3.25. The van der Waals surface area contributed by atoms with Crippen molar-refractivity contribution in [2.45, 2.75) is 59.8 Å². The van der Waals surface area contributed by atoms with Crippen LogP contribution in [0, 0.1) is 11.3 Å². The van der Waals surface area contributed by atoms with Gasteiger partial charge in [-0.2, -0.15) is 0 Å². The van der Waals surface area contributed by atoms with Gasteiger partial charge in [-0.3, -0.25) is 4.79 Å². The summed E-state index contributed by atoms with van der Waals surface area (Å²) in [4.78, 5) is 11.7. The van der Waals surface area contributed by atoms with Crippen molar-refractivity contribution in [1.82, 2.24) is 5.32 Å².